The number of ether oxygens (including phenoxy) is 1. The molecule has 1 aromatic carbocycles. The van der Waals surface area contributed by atoms with E-state index in [4.69, 9.17) is 9.26 Å². The van der Waals surface area contributed by atoms with E-state index in [0.29, 0.717) is 13.1 Å². The zero-order valence-electron chi connectivity index (χ0n) is 18.1. The lowest BCUT2D eigenvalue weighted by Gasteiger charge is -2.26. The van der Waals surface area contributed by atoms with Crippen LogP contribution in [0.2, 0.25) is 0 Å². The Kier molecular flexibility index (Phi) is 7.04. The smallest absolute Gasteiger partial charge is 0.264 e. The molecule has 0 saturated carbocycles. The summed E-state index contributed by atoms with van der Waals surface area (Å²) >= 11 is 1.47. The van der Waals surface area contributed by atoms with Gasteiger partial charge in [-0.2, -0.15) is 0 Å². The summed E-state index contributed by atoms with van der Waals surface area (Å²) in [7, 11) is 0. The van der Waals surface area contributed by atoms with Gasteiger partial charge in [-0.05, 0) is 38.1 Å². The Balaban J connectivity index is 1.71. The van der Waals surface area contributed by atoms with Crippen LogP contribution in [-0.2, 0) is 11.3 Å². The van der Waals surface area contributed by atoms with Crippen molar-refractivity contribution >= 4 is 23.1 Å². The average Bonchev–Trinajstić information content (AvgIpc) is 3.57. The Morgan fingerprint density at radius 2 is 1.97 bits per heavy atom. The van der Waals surface area contributed by atoms with Crippen molar-refractivity contribution in [1.82, 2.24) is 10.1 Å². The lowest BCUT2D eigenvalue weighted by atomic mass is 10.1. The van der Waals surface area contributed by atoms with E-state index < -0.39 is 0 Å². The minimum absolute atomic E-state index is 0.0243. The molecule has 0 bridgehead atoms. The SMILES string of the molecule is CCN(CC)c1onc(-c2ccccc2)c1CN(CC1CCCO1)C(=O)c1cccs1. The number of hydrogen-bond donors (Lipinski definition) is 0. The van der Waals surface area contributed by atoms with Crippen LogP contribution < -0.4 is 4.90 Å². The maximum Gasteiger partial charge on any atom is 0.264 e. The molecule has 4 rings (SSSR count). The Hall–Kier alpha value is -2.64. The molecule has 3 heterocycles. The second-order valence-electron chi connectivity index (χ2n) is 7.65. The van der Waals surface area contributed by atoms with Gasteiger partial charge in [0, 0.05) is 31.8 Å². The van der Waals surface area contributed by atoms with Crippen LogP contribution in [0.25, 0.3) is 11.3 Å². The van der Waals surface area contributed by atoms with E-state index in [2.05, 4.69) is 23.9 Å². The van der Waals surface area contributed by atoms with Crippen LogP contribution in [0.4, 0.5) is 5.88 Å². The molecule has 2 aromatic heterocycles. The second-order valence-corrected chi connectivity index (χ2v) is 8.60. The summed E-state index contributed by atoms with van der Waals surface area (Å²) in [6.07, 6.45) is 2.09. The van der Waals surface area contributed by atoms with Crippen molar-refractivity contribution in [3.63, 3.8) is 0 Å². The third-order valence-corrected chi connectivity index (χ3v) is 6.54. The highest BCUT2D eigenvalue weighted by molar-refractivity contribution is 7.12. The predicted octanol–water partition coefficient (Wildman–Crippen LogP) is 5.07. The number of nitrogens with zero attached hydrogens (tertiary/aromatic N) is 3. The monoisotopic (exact) mass is 439 g/mol. The minimum Gasteiger partial charge on any atom is -0.376 e. The van der Waals surface area contributed by atoms with Crippen LogP contribution in [-0.4, -0.2) is 48.3 Å². The van der Waals surface area contributed by atoms with Gasteiger partial charge in [-0.15, -0.1) is 11.3 Å². The summed E-state index contributed by atoms with van der Waals surface area (Å²) < 4.78 is 11.7. The van der Waals surface area contributed by atoms with Crippen molar-refractivity contribution < 1.29 is 14.1 Å². The largest absolute Gasteiger partial charge is 0.376 e. The van der Waals surface area contributed by atoms with Gasteiger partial charge in [0.05, 0.1) is 23.1 Å². The third-order valence-electron chi connectivity index (χ3n) is 5.68. The summed E-state index contributed by atoms with van der Waals surface area (Å²) in [4.78, 5) is 18.2. The van der Waals surface area contributed by atoms with Gasteiger partial charge in [-0.25, -0.2) is 0 Å². The third kappa shape index (κ3) is 4.83. The molecule has 6 nitrogen and oxygen atoms in total. The number of carbonyl (C=O) groups excluding carboxylic acids is 1. The fraction of sp³-hybridized carbons (Fsp3) is 0.417. The molecular weight excluding hydrogens is 410 g/mol. The van der Waals surface area contributed by atoms with Crippen molar-refractivity contribution in [2.75, 3.05) is 31.1 Å². The van der Waals surface area contributed by atoms with Crippen LogP contribution in [0.3, 0.4) is 0 Å². The summed E-state index contributed by atoms with van der Waals surface area (Å²) in [6, 6.07) is 13.8. The van der Waals surface area contributed by atoms with E-state index in [9.17, 15) is 4.79 Å². The quantitative estimate of drug-likeness (QED) is 0.466. The molecule has 3 aromatic rings. The number of rotatable bonds is 9. The van der Waals surface area contributed by atoms with Crippen LogP contribution in [0.5, 0.6) is 0 Å². The Morgan fingerprint density at radius 3 is 2.61 bits per heavy atom. The first kappa shape index (κ1) is 21.6. The van der Waals surface area contributed by atoms with E-state index in [0.717, 1.165) is 60.1 Å². The molecule has 1 aliphatic heterocycles. The van der Waals surface area contributed by atoms with Crippen LogP contribution in [0.15, 0.2) is 52.4 Å². The zero-order chi connectivity index (χ0) is 21.6. The fourth-order valence-electron chi connectivity index (χ4n) is 4.03. The molecule has 1 saturated heterocycles. The first-order valence-corrected chi connectivity index (χ1v) is 11.8. The molecule has 31 heavy (non-hydrogen) atoms. The Bertz CT molecular complexity index is 961. The number of amides is 1. The summed E-state index contributed by atoms with van der Waals surface area (Å²) in [5.74, 6) is 0.761. The van der Waals surface area contributed by atoms with Gasteiger partial charge in [0.25, 0.3) is 5.91 Å². The molecule has 0 aliphatic carbocycles. The van der Waals surface area contributed by atoms with E-state index >= 15 is 0 Å². The fourth-order valence-corrected chi connectivity index (χ4v) is 4.72. The maximum absolute atomic E-state index is 13.4. The number of benzene rings is 1. The highest BCUT2D eigenvalue weighted by atomic mass is 32.1. The second kappa shape index (κ2) is 10.1. The highest BCUT2D eigenvalue weighted by Crippen LogP contribution is 2.33. The number of thiophene rings is 1. The molecule has 7 heteroatoms. The summed E-state index contributed by atoms with van der Waals surface area (Å²) in [6.45, 7) is 7.55. The molecular formula is C24H29N3O3S. The number of carbonyl (C=O) groups is 1. The van der Waals surface area contributed by atoms with Crippen molar-refractivity contribution in [2.24, 2.45) is 0 Å². The van der Waals surface area contributed by atoms with Crippen molar-refractivity contribution in [3.05, 3.63) is 58.3 Å². The van der Waals surface area contributed by atoms with Gasteiger partial charge < -0.3 is 19.1 Å². The lowest BCUT2D eigenvalue weighted by Crippen LogP contribution is -2.37. The van der Waals surface area contributed by atoms with Gasteiger partial charge in [0.2, 0.25) is 5.88 Å². The standard InChI is InChI=1S/C24H29N3O3S/c1-3-26(4-2)24-20(22(25-30-24)18-10-6-5-7-11-18)17-27(16-19-12-8-14-29-19)23(28)21-13-9-15-31-21/h5-7,9-11,13,15,19H,3-4,8,12,14,16-17H2,1-2H3. The number of aromatic nitrogens is 1. The maximum atomic E-state index is 13.4. The summed E-state index contributed by atoms with van der Waals surface area (Å²) in [5, 5.41) is 6.36. The Morgan fingerprint density at radius 1 is 1.16 bits per heavy atom. The van der Waals surface area contributed by atoms with E-state index in [1.807, 2.05) is 52.7 Å². The van der Waals surface area contributed by atoms with Crippen molar-refractivity contribution in [1.29, 1.82) is 0 Å². The van der Waals surface area contributed by atoms with Crippen molar-refractivity contribution in [3.8, 4) is 11.3 Å². The first-order valence-electron chi connectivity index (χ1n) is 10.9. The first-order chi connectivity index (χ1) is 15.2. The van der Waals surface area contributed by atoms with Crippen molar-refractivity contribution in [2.45, 2.75) is 39.3 Å². The Labute approximate surface area is 187 Å². The summed E-state index contributed by atoms with van der Waals surface area (Å²) in [5.41, 5.74) is 2.72. The minimum atomic E-state index is 0.0243. The predicted molar refractivity (Wildman–Crippen MR) is 124 cm³/mol. The average molecular weight is 440 g/mol. The van der Waals surface area contributed by atoms with Gasteiger partial charge in [0.15, 0.2) is 0 Å². The molecule has 0 N–H and O–H groups in total. The molecule has 0 radical (unpaired) electrons. The molecule has 1 amide bonds. The molecule has 164 valence electrons. The van der Waals surface area contributed by atoms with Gasteiger partial charge in [-0.3, -0.25) is 4.79 Å². The molecule has 1 aliphatic rings. The van der Waals surface area contributed by atoms with E-state index in [-0.39, 0.29) is 12.0 Å². The van der Waals surface area contributed by atoms with Gasteiger partial charge in [0.1, 0.15) is 5.69 Å². The number of anilines is 1. The van der Waals surface area contributed by atoms with Crippen LogP contribution >= 0.6 is 11.3 Å². The van der Waals surface area contributed by atoms with Crippen LogP contribution in [0.1, 0.15) is 41.9 Å². The van der Waals surface area contributed by atoms with E-state index in [1.54, 1.807) is 0 Å². The topological polar surface area (TPSA) is 58.8 Å². The normalized spacial score (nSPS) is 15.9. The lowest BCUT2D eigenvalue weighted by molar-refractivity contribution is 0.0511. The number of hydrogen-bond acceptors (Lipinski definition) is 6. The van der Waals surface area contributed by atoms with Gasteiger partial charge in [-0.1, -0.05) is 41.6 Å². The molecule has 1 fully saturated rings. The zero-order valence-corrected chi connectivity index (χ0v) is 18.9. The highest BCUT2D eigenvalue weighted by Gasteiger charge is 2.29. The van der Waals surface area contributed by atoms with Gasteiger partial charge >= 0.3 is 0 Å². The molecule has 1 unspecified atom stereocenters. The van der Waals surface area contributed by atoms with E-state index in [1.165, 1.54) is 11.3 Å². The molecule has 1 atom stereocenters. The molecule has 0 spiro atoms. The van der Waals surface area contributed by atoms with Crippen LogP contribution in [0, 0.1) is 0 Å².